The zero-order valence-electron chi connectivity index (χ0n) is 13.7. The van der Waals surface area contributed by atoms with Crippen molar-refractivity contribution < 1.29 is 14.7 Å². The van der Waals surface area contributed by atoms with Gasteiger partial charge in [0.2, 0.25) is 5.91 Å². The predicted molar refractivity (Wildman–Crippen MR) is 96.7 cm³/mol. The number of nitrogens with one attached hydrogen (secondary N) is 1. The first-order chi connectivity index (χ1) is 12.1. The van der Waals surface area contributed by atoms with Crippen LogP contribution in [0.4, 0.5) is 0 Å². The Morgan fingerprint density at radius 1 is 1.16 bits per heavy atom. The molecular formula is C20H20ClNO3. The van der Waals surface area contributed by atoms with E-state index in [1.807, 2.05) is 18.2 Å². The Hall–Kier alpha value is -2.33. The van der Waals surface area contributed by atoms with E-state index in [0.29, 0.717) is 10.6 Å². The summed E-state index contributed by atoms with van der Waals surface area (Å²) < 4.78 is 0. The molecule has 0 bridgehead atoms. The van der Waals surface area contributed by atoms with Crippen LogP contribution in [-0.4, -0.2) is 17.0 Å². The van der Waals surface area contributed by atoms with Crippen LogP contribution in [0.2, 0.25) is 5.02 Å². The van der Waals surface area contributed by atoms with Crippen LogP contribution in [0.3, 0.4) is 0 Å². The van der Waals surface area contributed by atoms with Gasteiger partial charge in [0.1, 0.15) is 0 Å². The smallest absolute Gasteiger partial charge is 0.305 e. The Balaban J connectivity index is 1.84. The molecule has 0 aliphatic heterocycles. The summed E-state index contributed by atoms with van der Waals surface area (Å²) in [6.07, 6.45) is 2.49. The van der Waals surface area contributed by atoms with E-state index in [-0.39, 0.29) is 18.2 Å². The van der Waals surface area contributed by atoms with Crippen molar-refractivity contribution in [1.82, 2.24) is 5.32 Å². The monoisotopic (exact) mass is 357 g/mol. The van der Waals surface area contributed by atoms with Crippen LogP contribution in [0, 0.1) is 0 Å². The summed E-state index contributed by atoms with van der Waals surface area (Å²) in [5, 5.41) is 12.6. The minimum atomic E-state index is -0.978. The molecule has 0 saturated heterocycles. The molecule has 2 aromatic rings. The molecule has 2 N–H and O–H groups in total. The molecule has 0 heterocycles. The Bertz CT molecular complexity index is 790. The highest BCUT2D eigenvalue weighted by Crippen LogP contribution is 2.33. The third-order valence-corrected chi connectivity index (χ3v) is 5.01. The van der Waals surface area contributed by atoms with Gasteiger partial charge in [-0.05, 0) is 42.0 Å². The lowest BCUT2D eigenvalue weighted by Crippen LogP contribution is -2.35. The van der Waals surface area contributed by atoms with Gasteiger partial charge in [-0.1, -0.05) is 54.1 Å². The van der Waals surface area contributed by atoms with Crippen molar-refractivity contribution in [2.24, 2.45) is 0 Å². The second-order valence-corrected chi connectivity index (χ2v) is 6.73. The number of carboxylic acid groups (broad SMARTS) is 1. The first kappa shape index (κ1) is 17.5. The number of rotatable bonds is 5. The summed E-state index contributed by atoms with van der Waals surface area (Å²) in [5.74, 6) is -1.36. The predicted octanol–water partition coefficient (Wildman–Crippen LogP) is 4.09. The molecule has 0 aromatic heterocycles. The number of carboxylic acids is 1. The number of aliphatic carboxylic acids is 1. The molecule has 0 fully saturated rings. The van der Waals surface area contributed by atoms with E-state index in [1.165, 1.54) is 5.56 Å². The molecule has 4 nitrogen and oxygen atoms in total. The molecule has 1 amide bonds. The van der Waals surface area contributed by atoms with E-state index in [0.717, 1.165) is 24.8 Å². The average Bonchev–Trinajstić information content (AvgIpc) is 2.60. The molecule has 0 radical (unpaired) electrons. The van der Waals surface area contributed by atoms with E-state index in [4.69, 9.17) is 11.6 Å². The molecule has 0 saturated carbocycles. The number of halogens is 1. The molecule has 25 heavy (non-hydrogen) atoms. The first-order valence-corrected chi connectivity index (χ1v) is 8.78. The fourth-order valence-corrected chi connectivity index (χ4v) is 3.74. The summed E-state index contributed by atoms with van der Waals surface area (Å²) >= 11 is 6.21. The van der Waals surface area contributed by atoms with Crippen LogP contribution in [0.25, 0.3) is 0 Å². The van der Waals surface area contributed by atoms with Gasteiger partial charge >= 0.3 is 5.97 Å². The molecule has 5 heteroatoms. The van der Waals surface area contributed by atoms with E-state index < -0.39 is 12.0 Å². The molecule has 0 spiro atoms. The van der Waals surface area contributed by atoms with Gasteiger partial charge in [-0.15, -0.1) is 0 Å². The minimum Gasteiger partial charge on any atom is -0.481 e. The summed E-state index contributed by atoms with van der Waals surface area (Å²) in [6, 6.07) is 14.3. The summed E-state index contributed by atoms with van der Waals surface area (Å²) in [4.78, 5) is 24.1. The number of hydrogen-bond acceptors (Lipinski definition) is 2. The fourth-order valence-electron chi connectivity index (χ4n) is 3.47. The van der Waals surface area contributed by atoms with Crippen molar-refractivity contribution in [2.75, 3.05) is 0 Å². The Labute approximate surface area is 151 Å². The minimum absolute atomic E-state index is 0.140. The Morgan fingerprint density at radius 3 is 2.64 bits per heavy atom. The lowest BCUT2D eigenvalue weighted by molar-refractivity contribution is -0.137. The molecule has 3 rings (SSSR count). The van der Waals surface area contributed by atoms with Gasteiger partial charge in [-0.25, -0.2) is 0 Å². The van der Waals surface area contributed by atoms with Crippen LogP contribution >= 0.6 is 11.6 Å². The lowest BCUT2D eigenvalue weighted by Gasteiger charge is -2.27. The van der Waals surface area contributed by atoms with Gasteiger partial charge in [0.25, 0.3) is 0 Å². The number of benzene rings is 2. The topological polar surface area (TPSA) is 66.4 Å². The second kappa shape index (κ2) is 7.70. The molecule has 2 aromatic carbocycles. The van der Waals surface area contributed by atoms with Crippen LogP contribution in [-0.2, 0) is 16.0 Å². The number of carbonyl (C=O) groups is 2. The van der Waals surface area contributed by atoms with Gasteiger partial charge < -0.3 is 10.4 Å². The first-order valence-electron chi connectivity index (χ1n) is 8.40. The number of amides is 1. The summed E-state index contributed by atoms with van der Waals surface area (Å²) in [5.41, 5.74) is 2.87. The zero-order chi connectivity index (χ0) is 17.8. The number of fused-ring (bicyclic) bond motifs is 1. The lowest BCUT2D eigenvalue weighted by atomic mass is 9.82. The largest absolute Gasteiger partial charge is 0.481 e. The number of hydrogen-bond donors (Lipinski definition) is 2. The second-order valence-electron chi connectivity index (χ2n) is 6.32. The SMILES string of the molecule is O=C(O)CC(NC(=O)[C@@H]1CCCc2ccccc21)c1ccccc1Cl. The number of carbonyl (C=O) groups excluding carboxylic acids is 1. The van der Waals surface area contributed by atoms with Crippen LogP contribution in [0.5, 0.6) is 0 Å². The zero-order valence-corrected chi connectivity index (χ0v) is 14.5. The quantitative estimate of drug-likeness (QED) is 0.846. The van der Waals surface area contributed by atoms with Gasteiger partial charge in [0, 0.05) is 5.02 Å². The molecule has 130 valence electrons. The number of aryl methyl sites for hydroxylation is 1. The molecule has 1 aliphatic rings. The maximum Gasteiger partial charge on any atom is 0.305 e. The third-order valence-electron chi connectivity index (χ3n) is 4.66. The van der Waals surface area contributed by atoms with Crippen molar-refractivity contribution in [3.63, 3.8) is 0 Å². The standard InChI is InChI=1S/C20H20ClNO3/c21-17-11-4-3-9-16(17)18(12-19(23)24)22-20(25)15-10-5-7-13-6-1-2-8-14(13)15/h1-4,6,8-9,11,15,18H,5,7,10,12H2,(H,22,25)(H,23,24)/t15-,18?/m1/s1. The normalized spacial score (nSPS) is 17.4. The van der Waals surface area contributed by atoms with E-state index >= 15 is 0 Å². The summed E-state index contributed by atoms with van der Waals surface area (Å²) in [7, 11) is 0. The molecule has 2 atom stereocenters. The van der Waals surface area contributed by atoms with Crippen molar-refractivity contribution in [2.45, 2.75) is 37.6 Å². The van der Waals surface area contributed by atoms with Crippen molar-refractivity contribution in [3.05, 3.63) is 70.2 Å². The Morgan fingerprint density at radius 2 is 1.88 bits per heavy atom. The van der Waals surface area contributed by atoms with Crippen LogP contribution in [0.15, 0.2) is 48.5 Å². The van der Waals surface area contributed by atoms with Crippen molar-refractivity contribution in [1.29, 1.82) is 0 Å². The maximum atomic E-state index is 12.9. The fraction of sp³-hybridized carbons (Fsp3) is 0.300. The van der Waals surface area contributed by atoms with Crippen molar-refractivity contribution >= 4 is 23.5 Å². The Kier molecular flexibility index (Phi) is 5.39. The van der Waals surface area contributed by atoms with Crippen LogP contribution < -0.4 is 5.32 Å². The van der Waals surface area contributed by atoms with Gasteiger partial charge in [-0.3, -0.25) is 9.59 Å². The van der Waals surface area contributed by atoms with Gasteiger partial charge in [0.15, 0.2) is 0 Å². The third kappa shape index (κ3) is 4.02. The highest BCUT2D eigenvalue weighted by atomic mass is 35.5. The van der Waals surface area contributed by atoms with E-state index in [9.17, 15) is 14.7 Å². The van der Waals surface area contributed by atoms with Crippen LogP contribution in [0.1, 0.15) is 47.9 Å². The van der Waals surface area contributed by atoms with Gasteiger partial charge in [0.05, 0.1) is 18.4 Å². The molecule has 1 aliphatic carbocycles. The van der Waals surface area contributed by atoms with Gasteiger partial charge in [-0.2, -0.15) is 0 Å². The highest BCUT2D eigenvalue weighted by molar-refractivity contribution is 6.31. The average molecular weight is 358 g/mol. The van der Waals surface area contributed by atoms with E-state index in [1.54, 1.807) is 24.3 Å². The summed E-state index contributed by atoms with van der Waals surface area (Å²) in [6.45, 7) is 0. The highest BCUT2D eigenvalue weighted by Gasteiger charge is 2.29. The van der Waals surface area contributed by atoms with E-state index in [2.05, 4.69) is 11.4 Å². The maximum absolute atomic E-state index is 12.9. The van der Waals surface area contributed by atoms with Crippen molar-refractivity contribution in [3.8, 4) is 0 Å². The molecule has 1 unspecified atom stereocenters. The molecular weight excluding hydrogens is 338 g/mol.